The molecule has 33 heavy (non-hydrogen) atoms. The van der Waals surface area contributed by atoms with E-state index in [-0.39, 0.29) is 18.9 Å². The molecule has 0 spiro atoms. The van der Waals surface area contributed by atoms with Crippen LogP contribution in [0.3, 0.4) is 0 Å². The summed E-state index contributed by atoms with van der Waals surface area (Å²) in [7, 11) is 0. The number of nitrogens with zero attached hydrogens (tertiary/aromatic N) is 2. The van der Waals surface area contributed by atoms with Gasteiger partial charge in [-0.1, -0.05) is 49.4 Å². The van der Waals surface area contributed by atoms with E-state index in [2.05, 4.69) is 15.4 Å². The quantitative estimate of drug-likeness (QED) is 0.286. The van der Waals surface area contributed by atoms with E-state index in [1.54, 1.807) is 16.3 Å². The first-order chi connectivity index (χ1) is 15.9. The van der Waals surface area contributed by atoms with Crippen molar-refractivity contribution in [3.63, 3.8) is 0 Å². The number of hydrogen-bond donors (Lipinski definition) is 1. The van der Waals surface area contributed by atoms with E-state index in [9.17, 15) is 13.6 Å². The van der Waals surface area contributed by atoms with Crippen LogP contribution in [0.25, 0.3) is 10.9 Å². The highest BCUT2D eigenvalue weighted by molar-refractivity contribution is 7.99. The Morgan fingerprint density at radius 1 is 1.09 bits per heavy atom. The summed E-state index contributed by atoms with van der Waals surface area (Å²) in [4.78, 5) is 14.4. The summed E-state index contributed by atoms with van der Waals surface area (Å²) in [5.41, 5.74) is 3.39. The third kappa shape index (κ3) is 4.79. The van der Waals surface area contributed by atoms with Gasteiger partial charge in [0.15, 0.2) is 5.78 Å². The standard InChI is InChI=1S/C25H27F2N3OS2/c1-32-28-18-10-11-21-22(14-30(23(21)13-18)19-7-3-2-4-8-19)24(31)17-6-5-9-20(12-17)33-29-15-25(26,27)16-29/h5-6,9-14,19,28H,2-4,7-8,15-16H2,1H3. The number of alkyl halides is 2. The number of hydrogen-bond acceptors (Lipinski definition) is 5. The van der Waals surface area contributed by atoms with Gasteiger partial charge in [-0.2, -0.15) is 0 Å². The predicted molar refractivity (Wildman–Crippen MR) is 133 cm³/mol. The van der Waals surface area contributed by atoms with E-state index in [1.807, 2.05) is 48.9 Å². The largest absolute Gasteiger partial charge is 0.344 e. The Morgan fingerprint density at radius 3 is 2.61 bits per heavy atom. The summed E-state index contributed by atoms with van der Waals surface area (Å²) in [5, 5.41) is 0.956. The van der Waals surface area contributed by atoms with Crippen LogP contribution in [0.2, 0.25) is 0 Å². The topological polar surface area (TPSA) is 37.3 Å². The third-order valence-corrected chi connectivity index (χ3v) is 7.83. The van der Waals surface area contributed by atoms with Crippen LogP contribution in [0.15, 0.2) is 53.6 Å². The average Bonchev–Trinajstić information content (AvgIpc) is 3.17. The molecular formula is C25H27F2N3OS2. The fraction of sp³-hybridized carbons (Fsp3) is 0.400. The van der Waals surface area contributed by atoms with Crippen molar-refractivity contribution in [2.24, 2.45) is 0 Å². The van der Waals surface area contributed by atoms with Gasteiger partial charge in [0.25, 0.3) is 5.92 Å². The van der Waals surface area contributed by atoms with Crippen molar-refractivity contribution in [2.75, 3.05) is 24.1 Å². The van der Waals surface area contributed by atoms with Gasteiger partial charge in [0, 0.05) is 45.6 Å². The number of carbonyl (C=O) groups excluding carboxylic acids is 1. The fourth-order valence-electron chi connectivity index (χ4n) is 4.81. The summed E-state index contributed by atoms with van der Waals surface area (Å²) in [6.45, 7) is -0.506. The molecule has 0 amide bonds. The van der Waals surface area contributed by atoms with E-state index in [0.29, 0.717) is 17.2 Å². The molecule has 1 aliphatic carbocycles. The molecule has 0 unspecified atom stereocenters. The maximum absolute atomic E-state index is 13.6. The van der Waals surface area contributed by atoms with Gasteiger partial charge in [-0.05, 0) is 49.1 Å². The number of nitrogens with one attached hydrogen (secondary N) is 1. The number of anilines is 1. The lowest BCUT2D eigenvalue weighted by Gasteiger charge is -2.37. The highest BCUT2D eigenvalue weighted by atomic mass is 32.2. The fourth-order valence-corrected chi connectivity index (χ4v) is 6.29. The zero-order chi connectivity index (χ0) is 23.0. The van der Waals surface area contributed by atoms with Crippen LogP contribution in [-0.4, -0.2) is 39.9 Å². The minimum absolute atomic E-state index is 0.0310. The van der Waals surface area contributed by atoms with Crippen molar-refractivity contribution >= 4 is 46.3 Å². The molecule has 0 atom stereocenters. The van der Waals surface area contributed by atoms with Crippen LogP contribution in [0.4, 0.5) is 14.5 Å². The second-order valence-corrected chi connectivity index (χ2v) is 10.7. The van der Waals surface area contributed by atoms with Gasteiger partial charge in [-0.25, -0.2) is 13.1 Å². The summed E-state index contributed by atoms with van der Waals surface area (Å²) < 4.78 is 33.6. The van der Waals surface area contributed by atoms with Gasteiger partial charge in [-0.3, -0.25) is 4.79 Å². The molecule has 1 aromatic heterocycles. The summed E-state index contributed by atoms with van der Waals surface area (Å²) in [6, 6.07) is 13.9. The summed E-state index contributed by atoms with van der Waals surface area (Å²) in [5.74, 6) is -2.64. The minimum atomic E-state index is -2.61. The molecule has 3 aromatic rings. The van der Waals surface area contributed by atoms with Gasteiger partial charge >= 0.3 is 0 Å². The zero-order valence-electron chi connectivity index (χ0n) is 18.5. The highest BCUT2D eigenvalue weighted by Gasteiger charge is 2.44. The lowest BCUT2D eigenvalue weighted by molar-refractivity contribution is -0.0905. The van der Waals surface area contributed by atoms with Crippen molar-refractivity contribution in [3.05, 3.63) is 59.8 Å². The van der Waals surface area contributed by atoms with Gasteiger partial charge in [0.05, 0.1) is 18.6 Å². The molecule has 1 saturated heterocycles. The molecule has 2 heterocycles. The second-order valence-electron chi connectivity index (χ2n) is 8.88. The summed E-state index contributed by atoms with van der Waals surface area (Å²) in [6.07, 6.45) is 9.98. The van der Waals surface area contributed by atoms with Crippen LogP contribution in [0.1, 0.15) is 54.1 Å². The van der Waals surface area contributed by atoms with Crippen molar-refractivity contribution in [1.29, 1.82) is 0 Å². The maximum atomic E-state index is 13.6. The van der Waals surface area contributed by atoms with Crippen LogP contribution in [0, 0.1) is 0 Å². The molecule has 5 rings (SSSR count). The Kier molecular flexibility index (Phi) is 6.42. The SMILES string of the molecule is CSNc1ccc2c(C(=O)c3cccc(SN4CC(F)(F)C4)c3)cn(C3CCCCC3)c2c1. The molecular weight excluding hydrogens is 460 g/mol. The molecule has 1 N–H and O–H groups in total. The molecule has 174 valence electrons. The molecule has 4 nitrogen and oxygen atoms in total. The van der Waals surface area contributed by atoms with Crippen molar-refractivity contribution in [1.82, 2.24) is 8.87 Å². The monoisotopic (exact) mass is 487 g/mol. The molecule has 2 aliphatic rings. The van der Waals surface area contributed by atoms with Gasteiger partial charge < -0.3 is 9.29 Å². The third-order valence-electron chi connectivity index (χ3n) is 6.41. The average molecular weight is 488 g/mol. The molecule has 0 radical (unpaired) electrons. The van der Waals surface area contributed by atoms with Crippen molar-refractivity contribution in [2.45, 2.75) is 49.0 Å². The number of aromatic nitrogens is 1. The Morgan fingerprint density at radius 2 is 1.88 bits per heavy atom. The number of fused-ring (bicyclic) bond motifs is 1. The van der Waals surface area contributed by atoms with Crippen molar-refractivity contribution in [3.8, 4) is 0 Å². The van der Waals surface area contributed by atoms with Crippen LogP contribution >= 0.6 is 23.9 Å². The van der Waals surface area contributed by atoms with Gasteiger partial charge in [-0.15, -0.1) is 0 Å². The van der Waals surface area contributed by atoms with Crippen LogP contribution in [-0.2, 0) is 0 Å². The zero-order valence-corrected chi connectivity index (χ0v) is 20.2. The minimum Gasteiger partial charge on any atom is -0.344 e. The first-order valence-corrected chi connectivity index (χ1v) is 13.3. The smallest absolute Gasteiger partial charge is 0.274 e. The molecule has 2 aromatic carbocycles. The first-order valence-electron chi connectivity index (χ1n) is 11.3. The molecule has 8 heteroatoms. The van der Waals surface area contributed by atoms with Crippen molar-refractivity contribution < 1.29 is 13.6 Å². The Bertz CT molecular complexity index is 1170. The van der Waals surface area contributed by atoms with E-state index in [1.165, 1.54) is 31.2 Å². The Labute approximate surface area is 201 Å². The van der Waals surface area contributed by atoms with E-state index in [4.69, 9.17) is 0 Å². The molecule has 1 aliphatic heterocycles. The van der Waals surface area contributed by atoms with E-state index in [0.717, 1.165) is 34.3 Å². The normalized spacial score (nSPS) is 18.9. The van der Waals surface area contributed by atoms with E-state index < -0.39 is 5.92 Å². The summed E-state index contributed by atoms with van der Waals surface area (Å²) >= 11 is 2.83. The molecule has 2 fully saturated rings. The lowest BCUT2D eigenvalue weighted by Crippen LogP contribution is -2.52. The molecule has 1 saturated carbocycles. The van der Waals surface area contributed by atoms with Crippen LogP contribution in [0.5, 0.6) is 0 Å². The van der Waals surface area contributed by atoms with Gasteiger partial charge in [0.2, 0.25) is 0 Å². The predicted octanol–water partition coefficient (Wildman–Crippen LogP) is 7.03. The number of ketones is 1. The maximum Gasteiger partial charge on any atom is 0.274 e. The Hall–Kier alpha value is -2.03. The molecule has 0 bridgehead atoms. The Balaban J connectivity index is 1.47. The van der Waals surface area contributed by atoms with E-state index >= 15 is 0 Å². The number of benzene rings is 2. The number of halogens is 2. The second kappa shape index (κ2) is 9.31. The number of rotatable bonds is 7. The highest BCUT2D eigenvalue weighted by Crippen LogP contribution is 2.38. The first kappa shape index (κ1) is 22.7. The van der Waals surface area contributed by atoms with Gasteiger partial charge in [0.1, 0.15) is 0 Å². The van der Waals surface area contributed by atoms with Crippen LogP contribution < -0.4 is 4.72 Å². The number of carbonyl (C=O) groups is 1. The lowest BCUT2D eigenvalue weighted by atomic mass is 9.95.